The van der Waals surface area contributed by atoms with E-state index in [0.29, 0.717) is 24.3 Å². The number of carbonyl (C=O) groups is 1. The van der Waals surface area contributed by atoms with Crippen LogP contribution in [0.25, 0.3) is 0 Å². The molecule has 0 saturated carbocycles. The molecule has 0 unspecified atom stereocenters. The summed E-state index contributed by atoms with van der Waals surface area (Å²) in [6.45, 7) is 9.06. The van der Waals surface area contributed by atoms with Crippen molar-refractivity contribution >= 4 is 17.3 Å². The first kappa shape index (κ1) is 15.9. The van der Waals surface area contributed by atoms with E-state index in [-0.39, 0.29) is 17.0 Å². The number of nitro groups is 1. The average molecular weight is 279 g/mol. The molecule has 20 heavy (non-hydrogen) atoms. The molecule has 0 bridgehead atoms. The van der Waals surface area contributed by atoms with E-state index in [9.17, 15) is 14.9 Å². The summed E-state index contributed by atoms with van der Waals surface area (Å²) < 4.78 is 0. The van der Waals surface area contributed by atoms with E-state index in [1.54, 1.807) is 6.07 Å². The summed E-state index contributed by atoms with van der Waals surface area (Å²) >= 11 is 0. The van der Waals surface area contributed by atoms with Crippen molar-refractivity contribution in [1.29, 1.82) is 0 Å². The molecule has 0 atom stereocenters. The third kappa shape index (κ3) is 4.53. The SMILES string of the molecule is CCNc1ccc([N+](=O)[O-])cc1C(=O)NCC(C)(C)C. The monoisotopic (exact) mass is 279 g/mol. The number of nitrogens with one attached hydrogen (secondary N) is 2. The number of nitro benzene ring substituents is 1. The Labute approximate surface area is 118 Å². The van der Waals surface area contributed by atoms with Gasteiger partial charge in [0.1, 0.15) is 0 Å². The summed E-state index contributed by atoms with van der Waals surface area (Å²) in [6, 6.07) is 4.25. The Kier molecular flexibility index (Phi) is 5.07. The van der Waals surface area contributed by atoms with Crippen LogP contribution in [-0.2, 0) is 0 Å². The lowest BCUT2D eigenvalue weighted by Gasteiger charge is -2.19. The van der Waals surface area contributed by atoms with Gasteiger partial charge in [0.15, 0.2) is 0 Å². The number of carbonyl (C=O) groups excluding carboxylic acids is 1. The lowest BCUT2D eigenvalue weighted by Crippen LogP contribution is -2.32. The van der Waals surface area contributed by atoms with Crippen LogP contribution in [0.2, 0.25) is 0 Å². The van der Waals surface area contributed by atoms with Gasteiger partial charge in [-0.25, -0.2) is 0 Å². The van der Waals surface area contributed by atoms with E-state index >= 15 is 0 Å². The van der Waals surface area contributed by atoms with Crippen molar-refractivity contribution in [2.24, 2.45) is 5.41 Å². The highest BCUT2D eigenvalue weighted by atomic mass is 16.6. The summed E-state index contributed by atoms with van der Waals surface area (Å²) in [5.41, 5.74) is 0.761. The summed E-state index contributed by atoms with van der Waals surface area (Å²) in [4.78, 5) is 22.5. The Morgan fingerprint density at radius 1 is 1.35 bits per heavy atom. The highest BCUT2D eigenvalue weighted by Gasteiger charge is 2.18. The van der Waals surface area contributed by atoms with Gasteiger partial charge >= 0.3 is 0 Å². The minimum absolute atomic E-state index is 0.0469. The normalized spacial score (nSPS) is 11.0. The van der Waals surface area contributed by atoms with Crippen LogP contribution in [0.15, 0.2) is 18.2 Å². The molecule has 1 rings (SSSR count). The molecule has 2 N–H and O–H groups in total. The van der Waals surface area contributed by atoms with Gasteiger partial charge in [0.05, 0.1) is 10.5 Å². The summed E-state index contributed by atoms with van der Waals surface area (Å²) in [6.07, 6.45) is 0. The molecular weight excluding hydrogens is 258 g/mol. The van der Waals surface area contributed by atoms with Gasteiger partial charge in [-0.15, -0.1) is 0 Å². The molecule has 0 saturated heterocycles. The second-order valence-electron chi connectivity index (χ2n) is 5.76. The zero-order chi connectivity index (χ0) is 15.3. The van der Waals surface area contributed by atoms with Gasteiger partial charge < -0.3 is 10.6 Å². The van der Waals surface area contributed by atoms with Gasteiger partial charge in [-0.3, -0.25) is 14.9 Å². The van der Waals surface area contributed by atoms with E-state index < -0.39 is 4.92 Å². The first-order valence-corrected chi connectivity index (χ1v) is 6.55. The summed E-state index contributed by atoms with van der Waals surface area (Å²) in [5.74, 6) is -0.306. The van der Waals surface area contributed by atoms with E-state index in [1.165, 1.54) is 12.1 Å². The highest BCUT2D eigenvalue weighted by Crippen LogP contribution is 2.22. The third-order valence-electron chi connectivity index (χ3n) is 2.61. The number of non-ortho nitro benzene ring substituents is 1. The van der Waals surface area contributed by atoms with E-state index in [0.717, 1.165) is 0 Å². The van der Waals surface area contributed by atoms with Gasteiger partial charge in [0.25, 0.3) is 11.6 Å². The second-order valence-corrected chi connectivity index (χ2v) is 5.76. The molecule has 0 spiro atoms. The zero-order valence-corrected chi connectivity index (χ0v) is 12.3. The Hall–Kier alpha value is -2.11. The van der Waals surface area contributed by atoms with Crippen LogP contribution in [0.5, 0.6) is 0 Å². The van der Waals surface area contributed by atoms with Gasteiger partial charge in [-0.1, -0.05) is 20.8 Å². The number of nitrogens with zero attached hydrogens (tertiary/aromatic N) is 1. The van der Waals surface area contributed by atoms with Crippen LogP contribution in [0.3, 0.4) is 0 Å². The molecule has 0 aliphatic heterocycles. The Morgan fingerprint density at radius 2 is 2.00 bits per heavy atom. The summed E-state index contributed by atoms with van der Waals surface area (Å²) in [5, 5.41) is 16.7. The Morgan fingerprint density at radius 3 is 2.50 bits per heavy atom. The molecule has 1 aromatic carbocycles. The molecule has 0 heterocycles. The fourth-order valence-corrected chi connectivity index (χ4v) is 1.62. The maximum atomic E-state index is 12.2. The molecule has 0 aliphatic rings. The zero-order valence-electron chi connectivity index (χ0n) is 12.3. The smallest absolute Gasteiger partial charge is 0.270 e. The molecule has 1 amide bonds. The second kappa shape index (κ2) is 6.36. The van der Waals surface area contributed by atoms with Crippen molar-refractivity contribution in [3.05, 3.63) is 33.9 Å². The van der Waals surface area contributed by atoms with Gasteiger partial charge in [-0.2, -0.15) is 0 Å². The predicted molar refractivity (Wildman–Crippen MR) is 79.0 cm³/mol. The van der Waals surface area contributed by atoms with E-state index in [1.807, 2.05) is 27.7 Å². The number of rotatable bonds is 5. The highest BCUT2D eigenvalue weighted by molar-refractivity contribution is 6.00. The number of anilines is 1. The van der Waals surface area contributed by atoms with Crippen LogP contribution >= 0.6 is 0 Å². The minimum Gasteiger partial charge on any atom is -0.385 e. The van der Waals surface area contributed by atoms with Gasteiger partial charge in [0.2, 0.25) is 0 Å². The minimum atomic E-state index is -0.504. The van der Waals surface area contributed by atoms with Gasteiger partial charge in [0, 0.05) is 30.9 Å². The lowest BCUT2D eigenvalue weighted by atomic mass is 9.97. The maximum absolute atomic E-state index is 12.2. The number of hydrogen-bond acceptors (Lipinski definition) is 4. The fraction of sp³-hybridized carbons (Fsp3) is 0.500. The third-order valence-corrected chi connectivity index (χ3v) is 2.61. The first-order chi connectivity index (χ1) is 9.24. The van der Waals surface area contributed by atoms with Crippen LogP contribution in [0.1, 0.15) is 38.1 Å². The lowest BCUT2D eigenvalue weighted by molar-refractivity contribution is -0.384. The number of hydrogen-bond donors (Lipinski definition) is 2. The van der Waals surface area contributed by atoms with Crippen molar-refractivity contribution in [3.63, 3.8) is 0 Å². The van der Waals surface area contributed by atoms with Crippen molar-refractivity contribution < 1.29 is 9.72 Å². The van der Waals surface area contributed by atoms with Crippen molar-refractivity contribution in [2.75, 3.05) is 18.4 Å². The van der Waals surface area contributed by atoms with Crippen LogP contribution < -0.4 is 10.6 Å². The van der Waals surface area contributed by atoms with Gasteiger partial charge in [-0.05, 0) is 18.4 Å². The fourth-order valence-electron chi connectivity index (χ4n) is 1.62. The largest absolute Gasteiger partial charge is 0.385 e. The molecule has 110 valence electrons. The molecular formula is C14H21N3O3. The van der Waals surface area contributed by atoms with Crippen LogP contribution in [0, 0.1) is 15.5 Å². The van der Waals surface area contributed by atoms with Crippen molar-refractivity contribution in [3.8, 4) is 0 Å². The molecule has 0 fully saturated rings. The van der Waals surface area contributed by atoms with Crippen molar-refractivity contribution in [1.82, 2.24) is 5.32 Å². The number of benzene rings is 1. The molecule has 6 nitrogen and oxygen atoms in total. The molecule has 6 heteroatoms. The van der Waals surface area contributed by atoms with E-state index in [4.69, 9.17) is 0 Å². The quantitative estimate of drug-likeness (QED) is 0.641. The predicted octanol–water partition coefficient (Wildman–Crippen LogP) is 2.80. The Balaban J connectivity index is 3.02. The van der Waals surface area contributed by atoms with E-state index in [2.05, 4.69) is 10.6 Å². The molecule has 1 aromatic rings. The topological polar surface area (TPSA) is 84.3 Å². The van der Waals surface area contributed by atoms with Crippen LogP contribution in [0.4, 0.5) is 11.4 Å². The molecule has 0 radical (unpaired) electrons. The Bertz CT molecular complexity index is 507. The number of amides is 1. The summed E-state index contributed by atoms with van der Waals surface area (Å²) in [7, 11) is 0. The maximum Gasteiger partial charge on any atom is 0.270 e. The first-order valence-electron chi connectivity index (χ1n) is 6.55. The standard InChI is InChI=1S/C14H21N3O3/c1-5-15-12-7-6-10(17(19)20)8-11(12)13(18)16-9-14(2,3)4/h6-8,15H,5,9H2,1-4H3,(H,16,18). The van der Waals surface area contributed by atoms with Crippen molar-refractivity contribution in [2.45, 2.75) is 27.7 Å². The average Bonchev–Trinajstić information content (AvgIpc) is 2.35. The molecule has 0 aliphatic carbocycles. The van der Waals surface area contributed by atoms with Crippen LogP contribution in [-0.4, -0.2) is 23.9 Å². The molecule has 0 aromatic heterocycles.